The van der Waals surface area contributed by atoms with Crippen molar-refractivity contribution in [1.82, 2.24) is 10.2 Å². The standard InChI is InChI=1S/C14H21N3O2/c1-11(18)16-13-7-5-4-6-12(13)10-15-9-8-14(19)17(2)3/h4-7,15H,8-10H2,1-3H3,(H,16,18). The molecule has 19 heavy (non-hydrogen) atoms. The second kappa shape index (κ2) is 7.53. The third kappa shape index (κ3) is 5.52. The van der Waals surface area contributed by atoms with Crippen LogP contribution in [0.1, 0.15) is 18.9 Å². The Labute approximate surface area is 114 Å². The first kappa shape index (κ1) is 15.2. The fourth-order valence-corrected chi connectivity index (χ4v) is 1.63. The first-order valence-corrected chi connectivity index (χ1v) is 6.27. The normalized spacial score (nSPS) is 10.1. The Bertz CT molecular complexity index is 444. The van der Waals surface area contributed by atoms with Crippen molar-refractivity contribution in [3.63, 3.8) is 0 Å². The van der Waals surface area contributed by atoms with Crippen LogP contribution in [0.5, 0.6) is 0 Å². The van der Waals surface area contributed by atoms with E-state index in [1.807, 2.05) is 24.3 Å². The monoisotopic (exact) mass is 263 g/mol. The van der Waals surface area contributed by atoms with Gasteiger partial charge < -0.3 is 15.5 Å². The highest BCUT2D eigenvalue weighted by Crippen LogP contribution is 2.14. The maximum absolute atomic E-state index is 11.4. The number of amides is 2. The molecule has 104 valence electrons. The third-order valence-corrected chi connectivity index (χ3v) is 2.66. The molecule has 2 amide bonds. The summed E-state index contributed by atoms with van der Waals surface area (Å²) in [4.78, 5) is 24.0. The summed E-state index contributed by atoms with van der Waals surface area (Å²) in [6.07, 6.45) is 0.468. The van der Waals surface area contributed by atoms with Gasteiger partial charge in [-0.25, -0.2) is 0 Å². The first-order valence-electron chi connectivity index (χ1n) is 6.27. The minimum Gasteiger partial charge on any atom is -0.349 e. The van der Waals surface area contributed by atoms with Crippen molar-refractivity contribution in [3.05, 3.63) is 29.8 Å². The molecule has 0 aliphatic carbocycles. The van der Waals surface area contributed by atoms with Crippen molar-refractivity contribution in [1.29, 1.82) is 0 Å². The minimum absolute atomic E-state index is 0.0877. The molecule has 0 bridgehead atoms. The SMILES string of the molecule is CC(=O)Nc1ccccc1CNCCC(=O)N(C)C. The number of nitrogens with one attached hydrogen (secondary N) is 2. The van der Waals surface area contributed by atoms with Crippen LogP contribution in [0.4, 0.5) is 5.69 Å². The van der Waals surface area contributed by atoms with Crippen LogP contribution in [0.2, 0.25) is 0 Å². The first-order chi connectivity index (χ1) is 9.00. The van der Waals surface area contributed by atoms with Gasteiger partial charge in [0.2, 0.25) is 11.8 Å². The maximum Gasteiger partial charge on any atom is 0.223 e. The topological polar surface area (TPSA) is 61.4 Å². The van der Waals surface area contributed by atoms with Gasteiger partial charge in [0, 0.05) is 46.2 Å². The molecule has 0 saturated carbocycles. The molecule has 1 aromatic rings. The van der Waals surface area contributed by atoms with Crippen molar-refractivity contribution < 1.29 is 9.59 Å². The van der Waals surface area contributed by atoms with E-state index in [2.05, 4.69) is 10.6 Å². The van der Waals surface area contributed by atoms with Crippen LogP contribution < -0.4 is 10.6 Å². The van der Waals surface area contributed by atoms with Crippen LogP contribution in [0.25, 0.3) is 0 Å². The molecule has 0 heterocycles. The Kier molecular flexibility index (Phi) is 6.02. The van der Waals surface area contributed by atoms with Crippen LogP contribution in [0.3, 0.4) is 0 Å². The molecule has 2 N–H and O–H groups in total. The van der Waals surface area contributed by atoms with Crippen LogP contribution in [-0.4, -0.2) is 37.4 Å². The zero-order chi connectivity index (χ0) is 14.3. The summed E-state index contributed by atoms with van der Waals surface area (Å²) in [5, 5.41) is 5.99. The molecule has 0 saturated heterocycles. The van der Waals surface area contributed by atoms with Crippen LogP contribution in [0, 0.1) is 0 Å². The van der Waals surface area contributed by atoms with E-state index in [0.717, 1.165) is 11.3 Å². The van der Waals surface area contributed by atoms with Crippen LogP contribution in [-0.2, 0) is 16.1 Å². The average molecular weight is 263 g/mol. The molecule has 0 radical (unpaired) electrons. The number of hydrogen-bond acceptors (Lipinski definition) is 3. The Hall–Kier alpha value is -1.88. The van der Waals surface area contributed by atoms with E-state index in [9.17, 15) is 9.59 Å². The summed E-state index contributed by atoms with van der Waals surface area (Å²) in [6.45, 7) is 2.72. The zero-order valence-electron chi connectivity index (χ0n) is 11.7. The highest BCUT2D eigenvalue weighted by molar-refractivity contribution is 5.89. The molecule has 0 fully saturated rings. The Balaban J connectivity index is 2.45. The number of para-hydroxylation sites is 1. The smallest absolute Gasteiger partial charge is 0.223 e. The molecule has 0 aliphatic heterocycles. The summed E-state index contributed by atoms with van der Waals surface area (Å²) in [5.74, 6) is 0.0119. The fraction of sp³-hybridized carbons (Fsp3) is 0.429. The van der Waals surface area contributed by atoms with Crippen molar-refractivity contribution >= 4 is 17.5 Å². The number of anilines is 1. The van der Waals surface area contributed by atoms with E-state index in [-0.39, 0.29) is 11.8 Å². The summed E-state index contributed by atoms with van der Waals surface area (Å²) < 4.78 is 0. The highest BCUT2D eigenvalue weighted by Gasteiger charge is 2.05. The molecular formula is C14H21N3O2. The fourth-order valence-electron chi connectivity index (χ4n) is 1.63. The predicted octanol–water partition coefficient (Wildman–Crippen LogP) is 1.21. The van der Waals surface area contributed by atoms with Crippen LogP contribution in [0.15, 0.2) is 24.3 Å². The van der Waals surface area contributed by atoms with Crippen molar-refractivity contribution in [2.75, 3.05) is 26.0 Å². The summed E-state index contributed by atoms with van der Waals surface area (Å²) in [7, 11) is 3.49. The second-order valence-electron chi connectivity index (χ2n) is 4.55. The van der Waals surface area contributed by atoms with E-state index in [0.29, 0.717) is 19.5 Å². The van der Waals surface area contributed by atoms with E-state index in [1.165, 1.54) is 6.92 Å². The van der Waals surface area contributed by atoms with Gasteiger partial charge in [-0.3, -0.25) is 9.59 Å². The van der Waals surface area contributed by atoms with Gasteiger partial charge in [-0.2, -0.15) is 0 Å². The van der Waals surface area contributed by atoms with Crippen molar-refractivity contribution in [3.8, 4) is 0 Å². The van der Waals surface area contributed by atoms with Crippen LogP contribution >= 0.6 is 0 Å². The van der Waals surface area contributed by atoms with Crippen molar-refractivity contribution in [2.45, 2.75) is 19.9 Å². The lowest BCUT2D eigenvalue weighted by Gasteiger charge is -2.12. The Morgan fingerprint density at radius 2 is 1.89 bits per heavy atom. The number of carbonyl (C=O) groups excluding carboxylic acids is 2. The molecule has 0 aromatic heterocycles. The van der Waals surface area contributed by atoms with Gasteiger partial charge in [0.1, 0.15) is 0 Å². The third-order valence-electron chi connectivity index (χ3n) is 2.66. The van der Waals surface area contributed by atoms with E-state index in [1.54, 1.807) is 19.0 Å². The molecule has 5 heteroatoms. The van der Waals surface area contributed by atoms with Crippen molar-refractivity contribution in [2.24, 2.45) is 0 Å². The average Bonchev–Trinajstić information content (AvgIpc) is 2.35. The zero-order valence-corrected chi connectivity index (χ0v) is 11.7. The number of benzene rings is 1. The lowest BCUT2D eigenvalue weighted by atomic mass is 10.1. The molecule has 1 aromatic carbocycles. The van der Waals surface area contributed by atoms with Gasteiger partial charge in [-0.05, 0) is 11.6 Å². The van der Waals surface area contributed by atoms with Gasteiger partial charge >= 0.3 is 0 Å². The molecule has 0 unspecified atom stereocenters. The second-order valence-corrected chi connectivity index (χ2v) is 4.55. The molecule has 0 aliphatic rings. The number of rotatable bonds is 6. The molecule has 0 spiro atoms. The summed E-state index contributed by atoms with van der Waals surface area (Å²) in [5.41, 5.74) is 1.82. The lowest BCUT2D eigenvalue weighted by molar-refractivity contribution is -0.128. The molecule has 5 nitrogen and oxygen atoms in total. The Morgan fingerprint density at radius 1 is 1.21 bits per heavy atom. The maximum atomic E-state index is 11.4. The summed E-state index contributed by atoms with van der Waals surface area (Å²) in [6, 6.07) is 7.62. The van der Waals surface area contributed by atoms with E-state index < -0.39 is 0 Å². The summed E-state index contributed by atoms with van der Waals surface area (Å²) >= 11 is 0. The Morgan fingerprint density at radius 3 is 2.53 bits per heavy atom. The van der Waals surface area contributed by atoms with Gasteiger partial charge in [0.15, 0.2) is 0 Å². The quantitative estimate of drug-likeness (QED) is 0.758. The number of carbonyl (C=O) groups is 2. The van der Waals surface area contributed by atoms with E-state index in [4.69, 9.17) is 0 Å². The predicted molar refractivity (Wildman–Crippen MR) is 75.8 cm³/mol. The van der Waals surface area contributed by atoms with Gasteiger partial charge in [-0.1, -0.05) is 18.2 Å². The number of nitrogens with zero attached hydrogens (tertiary/aromatic N) is 1. The molecule has 0 atom stereocenters. The van der Waals surface area contributed by atoms with Gasteiger partial charge in [0.25, 0.3) is 0 Å². The molecule has 1 rings (SSSR count). The lowest BCUT2D eigenvalue weighted by Crippen LogP contribution is -2.26. The molecular weight excluding hydrogens is 242 g/mol. The van der Waals surface area contributed by atoms with Gasteiger partial charge in [-0.15, -0.1) is 0 Å². The number of hydrogen-bond donors (Lipinski definition) is 2. The highest BCUT2D eigenvalue weighted by atomic mass is 16.2. The van der Waals surface area contributed by atoms with E-state index >= 15 is 0 Å². The van der Waals surface area contributed by atoms with Gasteiger partial charge in [0.05, 0.1) is 0 Å². The largest absolute Gasteiger partial charge is 0.349 e. The minimum atomic E-state index is -0.0877.